The van der Waals surface area contributed by atoms with Crippen LogP contribution in [-0.2, 0) is 6.42 Å². The molecule has 4 atom stereocenters. The molecular weight excluding hydrogens is 394 g/mol. The van der Waals surface area contributed by atoms with E-state index in [1.165, 1.54) is 36.2 Å². The molecule has 1 fully saturated rings. The second-order valence-corrected chi connectivity index (χ2v) is 9.31. The van der Waals surface area contributed by atoms with Crippen LogP contribution in [0.15, 0.2) is 71.6 Å². The fourth-order valence-corrected chi connectivity index (χ4v) is 5.70. The number of aromatic nitrogens is 2. The lowest BCUT2D eigenvalue weighted by Crippen LogP contribution is -2.50. The number of amidine groups is 1. The Bertz CT molecular complexity index is 1040. The molecule has 0 bridgehead atoms. The third kappa shape index (κ3) is 3.90. The predicted octanol–water partition coefficient (Wildman–Crippen LogP) is 4.87. The van der Waals surface area contributed by atoms with Crippen LogP contribution in [-0.4, -0.2) is 50.8 Å². The average Bonchev–Trinajstić information content (AvgIpc) is 3.16. The van der Waals surface area contributed by atoms with Gasteiger partial charge in [0.05, 0.1) is 23.8 Å². The van der Waals surface area contributed by atoms with Crippen molar-refractivity contribution in [1.82, 2.24) is 19.8 Å². The lowest BCUT2D eigenvalue weighted by atomic mass is 9.87. The number of nitrogens with zero attached hydrogens (tertiary/aromatic N) is 5. The van der Waals surface area contributed by atoms with Gasteiger partial charge in [-0.1, -0.05) is 18.2 Å². The Morgan fingerprint density at radius 2 is 1.91 bits per heavy atom. The summed E-state index contributed by atoms with van der Waals surface area (Å²) in [5, 5.41) is 0. The molecule has 0 saturated carbocycles. The average molecular weight is 428 g/mol. The Labute approximate surface area is 191 Å². The Kier molecular flexibility index (Phi) is 5.92. The maximum atomic E-state index is 5.26. The monoisotopic (exact) mass is 427 g/mol. The van der Waals surface area contributed by atoms with Crippen LogP contribution >= 0.6 is 0 Å². The number of fused-ring (bicyclic) bond motifs is 1. The number of hydrogen-bond acceptors (Lipinski definition) is 5. The smallest absolute Gasteiger partial charge is 0.128 e. The van der Waals surface area contributed by atoms with Crippen molar-refractivity contribution in [2.45, 2.75) is 70.1 Å². The summed E-state index contributed by atoms with van der Waals surface area (Å²) in [5.74, 6) is 1.12. The van der Waals surface area contributed by atoms with Gasteiger partial charge in [0.15, 0.2) is 0 Å². The first-order chi connectivity index (χ1) is 15.6. The van der Waals surface area contributed by atoms with Gasteiger partial charge in [-0.15, -0.1) is 0 Å². The summed E-state index contributed by atoms with van der Waals surface area (Å²) in [6.07, 6.45) is 15.9. The fourth-order valence-electron chi connectivity index (χ4n) is 5.70. The summed E-state index contributed by atoms with van der Waals surface area (Å²) in [5.41, 5.74) is 5.01. The summed E-state index contributed by atoms with van der Waals surface area (Å²) >= 11 is 0. The van der Waals surface area contributed by atoms with E-state index >= 15 is 0 Å². The molecule has 3 aliphatic rings. The lowest BCUT2D eigenvalue weighted by Gasteiger charge is -2.43. The minimum Gasteiger partial charge on any atom is -0.325 e. The third-order valence-electron chi connectivity index (χ3n) is 7.39. The molecule has 5 rings (SSSR count). The van der Waals surface area contributed by atoms with Crippen LogP contribution in [0.1, 0.15) is 55.6 Å². The van der Waals surface area contributed by atoms with Gasteiger partial charge < -0.3 is 4.90 Å². The lowest BCUT2D eigenvalue weighted by molar-refractivity contribution is 0.0833. The number of pyridine rings is 2. The highest BCUT2D eigenvalue weighted by Crippen LogP contribution is 2.39. The van der Waals surface area contributed by atoms with Gasteiger partial charge in [0.2, 0.25) is 0 Å². The number of hydrogen-bond donors (Lipinski definition) is 0. The zero-order valence-corrected chi connectivity index (χ0v) is 19.4. The van der Waals surface area contributed by atoms with E-state index in [1.807, 2.05) is 24.5 Å². The van der Waals surface area contributed by atoms with Crippen LogP contribution in [0.3, 0.4) is 0 Å². The maximum absolute atomic E-state index is 5.26. The van der Waals surface area contributed by atoms with Crippen LogP contribution in [0.5, 0.6) is 0 Å². The molecule has 0 aromatic carbocycles. The number of likely N-dealkylation sites (tertiary alicyclic amines) is 1. The SMILES string of the molecule is Cc1cccnc1[C@@H]1CCC[C@H](C2N=C3C=CC=C(CCc4ccccn4)N3C2C)N1C. The normalized spacial score (nSPS) is 27.8. The molecule has 0 aliphatic carbocycles. The van der Waals surface area contributed by atoms with E-state index in [-0.39, 0.29) is 6.04 Å². The van der Waals surface area contributed by atoms with E-state index in [0.29, 0.717) is 18.1 Å². The zero-order chi connectivity index (χ0) is 22.1. The number of aryl methyl sites for hydroxylation is 2. The first-order valence-corrected chi connectivity index (χ1v) is 11.9. The first kappa shape index (κ1) is 21.1. The molecule has 2 unspecified atom stereocenters. The Balaban J connectivity index is 1.33. The Morgan fingerprint density at radius 1 is 1.03 bits per heavy atom. The highest BCUT2D eigenvalue weighted by Gasteiger charge is 2.43. The molecule has 5 nitrogen and oxygen atoms in total. The summed E-state index contributed by atoms with van der Waals surface area (Å²) in [6.45, 7) is 4.53. The van der Waals surface area contributed by atoms with Crippen LogP contribution in [0.2, 0.25) is 0 Å². The van der Waals surface area contributed by atoms with Crippen molar-refractivity contribution < 1.29 is 0 Å². The number of aliphatic imine (C=N–C) groups is 1. The van der Waals surface area contributed by atoms with E-state index < -0.39 is 0 Å². The number of rotatable bonds is 5. The van der Waals surface area contributed by atoms with Gasteiger partial charge in [0, 0.05) is 29.8 Å². The number of likely N-dealkylation sites (N-methyl/N-ethyl adjacent to an activating group) is 1. The molecule has 0 radical (unpaired) electrons. The molecule has 32 heavy (non-hydrogen) atoms. The molecule has 5 heteroatoms. The van der Waals surface area contributed by atoms with Crippen LogP contribution < -0.4 is 0 Å². The van der Waals surface area contributed by atoms with Gasteiger partial charge in [-0.2, -0.15) is 0 Å². The van der Waals surface area contributed by atoms with E-state index in [2.05, 4.69) is 72.1 Å². The number of allylic oxidation sites excluding steroid dienone is 3. The van der Waals surface area contributed by atoms with E-state index in [9.17, 15) is 0 Å². The van der Waals surface area contributed by atoms with Crippen molar-refractivity contribution in [3.8, 4) is 0 Å². The standard InChI is InChI=1S/C27H33N5/c1-19-9-8-18-29-26(19)23-12-7-13-24(31(23)3)27-20(2)32-22(11-6-14-25(32)30-27)16-15-21-10-4-5-17-28-21/h4-6,8-11,14,17-18,20,23-24,27H,7,12-13,15-16H2,1-3H3/t20?,23-,24+,27?/m0/s1. The second-order valence-electron chi connectivity index (χ2n) is 9.31. The molecule has 2 aromatic rings. The first-order valence-electron chi connectivity index (χ1n) is 11.9. The van der Waals surface area contributed by atoms with E-state index in [1.54, 1.807) is 0 Å². The minimum absolute atomic E-state index is 0.266. The van der Waals surface area contributed by atoms with Gasteiger partial charge >= 0.3 is 0 Å². The van der Waals surface area contributed by atoms with Gasteiger partial charge in [0.25, 0.3) is 0 Å². The van der Waals surface area contributed by atoms with Crippen molar-refractivity contribution in [2.75, 3.05) is 7.05 Å². The van der Waals surface area contributed by atoms with Gasteiger partial charge in [-0.25, -0.2) is 0 Å². The van der Waals surface area contributed by atoms with Crippen LogP contribution in [0, 0.1) is 6.92 Å². The van der Waals surface area contributed by atoms with Gasteiger partial charge in [-0.05, 0) is 88.9 Å². The molecular formula is C27H33N5. The second kappa shape index (κ2) is 8.99. The highest BCUT2D eigenvalue weighted by molar-refractivity contribution is 5.97. The molecule has 5 heterocycles. The van der Waals surface area contributed by atoms with Crippen molar-refractivity contribution in [3.63, 3.8) is 0 Å². The quantitative estimate of drug-likeness (QED) is 0.683. The minimum atomic E-state index is 0.266. The maximum Gasteiger partial charge on any atom is 0.128 e. The largest absolute Gasteiger partial charge is 0.325 e. The van der Waals surface area contributed by atoms with Crippen molar-refractivity contribution in [2.24, 2.45) is 4.99 Å². The Hall–Kier alpha value is -2.79. The Morgan fingerprint density at radius 3 is 2.72 bits per heavy atom. The molecule has 0 spiro atoms. The molecule has 0 N–H and O–H groups in total. The summed E-state index contributed by atoms with van der Waals surface area (Å²) in [4.78, 5) is 19.5. The number of piperidine rings is 1. The molecule has 0 amide bonds. The van der Waals surface area contributed by atoms with Gasteiger partial charge in [-0.3, -0.25) is 19.9 Å². The topological polar surface area (TPSA) is 44.6 Å². The predicted molar refractivity (Wildman–Crippen MR) is 129 cm³/mol. The van der Waals surface area contributed by atoms with Crippen LogP contribution in [0.25, 0.3) is 0 Å². The molecule has 2 aromatic heterocycles. The third-order valence-corrected chi connectivity index (χ3v) is 7.39. The van der Waals surface area contributed by atoms with Gasteiger partial charge in [0.1, 0.15) is 5.84 Å². The van der Waals surface area contributed by atoms with Crippen molar-refractivity contribution >= 4 is 5.84 Å². The van der Waals surface area contributed by atoms with Crippen molar-refractivity contribution in [3.05, 3.63) is 83.6 Å². The summed E-state index contributed by atoms with van der Waals surface area (Å²) < 4.78 is 0. The van der Waals surface area contributed by atoms with E-state index in [4.69, 9.17) is 9.98 Å². The van der Waals surface area contributed by atoms with E-state index in [0.717, 1.165) is 24.4 Å². The molecule has 166 valence electrons. The van der Waals surface area contributed by atoms with Crippen molar-refractivity contribution in [1.29, 1.82) is 0 Å². The highest BCUT2D eigenvalue weighted by atomic mass is 15.3. The fraction of sp³-hybridized carbons (Fsp3) is 0.444. The van der Waals surface area contributed by atoms with Crippen LogP contribution in [0.4, 0.5) is 0 Å². The molecule has 3 aliphatic heterocycles. The summed E-state index contributed by atoms with van der Waals surface area (Å²) in [7, 11) is 2.28. The summed E-state index contributed by atoms with van der Waals surface area (Å²) in [6, 6.07) is 11.8. The molecule has 1 saturated heterocycles. The zero-order valence-electron chi connectivity index (χ0n) is 19.4.